The lowest BCUT2D eigenvalue weighted by Gasteiger charge is -2.16. The molecule has 0 aromatic heterocycles. The molecule has 0 atom stereocenters. The van der Waals surface area contributed by atoms with E-state index < -0.39 is 24.8 Å². The number of nitrogens with zero attached hydrogens (tertiary/aromatic N) is 1. The van der Waals surface area contributed by atoms with E-state index in [0.717, 1.165) is 4.90 Å². The second-order valence-electron chi connectivity index (χ2n) is 3.72. The molecule has 1 aliphatic rings. The Balaban J connectivity index is 2.39. The Kier molecular flexibility index (Phi) is 2.79. The summed E-state index contributed by atoms with van der Waals surface area (Å²) in [6.45, 7) is -0.699. The number of amides is 1. The molecule has 0 radical (unpaired) electrons. The average molecular weight is 241 g/mol. The number of halogens is 2. The normalized spacial score (nSPS) is 14.3. The third-order valence-electron chi connectivity index (χ3n) is 2.59. The van der Waals surface area contributed by atoms with Gasteiger partial charge in [-0.15, -0.1) is 0 Å². The van der Waals surface area contributed by atoms with E-state index in [-0.39, 0.29) is 17.7 Å². The minimum atomic E-state index is -2.64. The van der Waals surface area contributed by atoms with Gasteiger partial charge in [0.1, 0.15) is 0 Å². The average Bonchev–Trinajstić information content (AvgIpc) is 2.54. The molecular formula is C11H9F2NO3. The topological polar surface area (TPSA) is 57.6 Å². The summed E-state index contributed by atoms with van der Waals surface area (Å²) >= 11 is 0. The van der Waals surface area contributed by atoms with Gasteiger partial charge in [0.2, 0.25) is 5.91 Å². The van der Waals surface area contributed by atoms with Gasteiger partial charge in [0.15, 0.2) is 0 Å². The molecule has 0 fully saturated rings. The van der Waals surface area contributed by atoms with Gasteiger partial charge in [-0.1, -0.05) is 6.07 Å². The van der Waals surface area contributed by atoms with Crippen LogP contribution in [0.3, 0.4) is 0 Å². The number of carboxylic acid groups (broad SMARTS) is 1. The Labute approximate surface area is 95.5 Å². The van der Waals surface area contributed by atoms with Crippen molar-refractivity contribution in [3.8, 4) is 0 Å². The highest BCUT2D eigenvalue weighted by Gasteiger charge is 2.29. The van der Waals surface area contributed by atoms with Crippen LogP contribution in [0.5, 0.6) is 0 Å². The zero-order chi connectivity index (χ0) is 12.6. The molecule has 1 N–H and O–H groups in total. The molecule has 17 heavy (non-hydrogen) atoms. The lowest BCUT2D eigenvalue weighted by molar-refractivity contribution is -0.117. The zero-order valence-electron chi connectivity index (χ0n) is 8.69. The predicted molar refractivity (Wildman–Crippen MR) is 55.5 cm³/mol. The number of alkyl halides is 2. The first-order chi connectivity index (χ1) is 7.99. The van der Waals surface area contributed by atoms with Crippen LogP contribution in [0.15, 0.2) is 18.2 Å². The molecular weight excluding hydrogens is 232 g/mol. The smallest absolute Gasteiger partial charge is 0.335 e. The van der Waals surface area contributed by atoms with Crippen molar-refractivity contribution in [2.75, 3.05) is 11.4 Å². The van der Waals surface area contributed by atoms with Crippen LogP contribution in [0.1, 0.15) is 15.9 Å². The molecule has 0 spiro atoms. The maximum Gasteiger partial charge on any atom is 0.335 e. The third kappa shape index (κ3) is 2.11. The highest BCUT2D eigenvalue weighted by Crippen LogP contribution is 2.30. The maximum atomic E-state index is 12.3. The fourth-order valence-electron chi connectivity index (χ4n) is 1.83. The van der Waals surface area contributed by atoms with Crippen LogP contribution in [0, 0.1) is 0 Å². The summed E-state index contributed by atoms with van der Waals surface area (Å²) in [5.74, 6) is -1.58. The molecule has 1 amide bonds. The van der Waals surface area contributed by atoms with Gasteiger partial charge >= 0.3 is 5.97 Å². The number of aromatic carboxylic acids is 1. The molecule has 4 nitrogen and oxygen atoms in total. The number of carbonyl (C=O) groups is 2. The monoisotopic (exact) mass is 241 g/mol. The van der Waals surface area contributed by atoms with Gasteiger partial charge in [0, 0.05) is 5.69 Å². The number of benzene rings is 1. The van der Waals surface area contributed by atoms with E-state index in [0.29, 0.717) is 5.56 Å². The van der Waals surface area contributed by atoms with Crippen LogP contribution in [0.25, 0.3) is 0 Å². The first-order valence-corrected chi connectivity index (χ1v) is 4.94. The van der Waals surface area contributed by atoms with Gasteiger partial charge in [-0.05, 0) is 17.7 Å². The van der Waals surface area contributed by atoms with E-state index in [4.69, 9.17) is 5.11 Å². The van der Waals surface area contributed by atoms with Crippen LogP contribution in [-0.4, -0.2) is 30.0 Å². The van der Waals surface area contributed by atoms with Gasteiger partial charge < -0.3 is 10.0 Å². The van der Waals surface area contributed by atoms with Crippen molar-refractivity contribution in [3.05, 3.63) is 29.3 Å². The summed E-state index contributed by atoms with van der Waals surface area (Å²) in [4.78, 5) is 23.2. The number of carbonyl (C=O) groups excluding carboxylic acids is 1. The number of hydrogen-bond donors (Lipinski definition) is 1. The first-order valence-electron chi connectivity index (χ1n) is 4.94. The van der Waals surface area contributed by atoms with Gasteiger partial charge in [-0.3, -0.25) is 4.79 Å². The summed E-state index contributed by atoms with van der Waals surface area (Å²) in [6.07, 6.45) is -2.60. The number of fused-ring (bicyclic) bond motifs is 1. The highest BCUT2D eigenvalue weighted by molar-refractivity contribution is 6.03. The zero-order valence-corrected chi connectivity index (χ0v) is 8.69. The predicted octanol–water partition coefficient (Wildman–Crippen LogP) is 1.54. The van der Waals surface area contributed by atoms with Crippen molar-refractivity contribution >= 4 is 17.6 Å². The van der Waals surface area contributed by atoms with Gasteiger partial charge in [0.05, 0.1) is 18.5 Å². The van der Waals surface area contributed by atoms with Gasteiger partial charge in [0.25, 0.3) is 6.43 Å². The van der Waals surface area contributed by atoms with Crippen molar-refractivity contribution in [2.24, 2.45) is 0 Å². The van der Waals surface area contributed by atoms with E-state index in [1.165, 1.54) is 18.2 Å². The Hall–Kier alpha value is -1.98. The van der Waals surface area contributed by atoms with Crippen molar-refractivity contribution in [1.82, 2.24) is 0 Å². The second-order valence-corrected chi connectivity index (χ2v) is 3.72. The Bertz CT molecular complexity index is 488. The van der Waals surface area contributed by atoms with Crippen molar-refractivity contribution < 1.29 is 23.5 Å². The van der Waals surface area contributed by atoms with Crippen molar-refractivity contribution in [2.45, 2.75) is 12.8 Å². The number of carboxylic acids is 1. The molecule has 1 aromatic rings. The fraction of sp³-hybridized carbons (Fsp3) is 0.273. The SMILES string of the molecule is O=C(O)c1ccc2c(c1)N(CC(F)F)C(=O)C2. The van der Waals surface area contributed by atoms with Crippen LogP contribution in [0.4, 0.5) is 14.5 Å². The van der Waals surface area contributed by atoms with Gasteiger partial charge in [-0.2, -0.15) is 0 Å². The van der Waals surface area contributed by atoms with E-state index in [1.54, 1.807) is 0 Å². The molecule has 6 heteroatoms. The number of anilines is 1. The van der Waals surface area contributed by atoms with Crippen LogP contribution >= 0.6 is 0 Å². The van der Waals surface area contributed by atoms with Crippen LogP contribution in [-0.2, 0) is 11.2 Å². The summed E-state index contributed by atoms with van der Waals surface area (Å²) in [7, 11) is 0. The molecule has 0 aliphatic carbocycles. The molecule has 1 aromatic carbocycles. The van der Waals surface area contributed by atoms with Crippen molar-refractivity contribution in [3.63, 3.8) is 0 Å². The van der Waals surface area contributed by atoms with Crippen LogP contribution < -0.4 is 4.90 Å². The lowest BCUT2D eigenvalue weighted by Crippen LogP contribution is -2.31. The molecule has 1 heterocycles. The first kappa shape index (κ1) is 11.5. The molecule has 2 rings (SSSR count). The van der Waals surface area contributed by atoms with E-state index >= 15 is 0 Å². The minimum Gasteiger partial charge on any atom is -0.478 e. The summed E-state index contributed by atoms with van der Waals surface area (Å²) in [6, 6.07) is 4.10. The van der Waals surface area contributed by atoms with Crippen molar-refractivity contribution in [1.29, 1.82) is 0 Å². The number of hydrogen-bond acceptors (Lipinski definition) is 2. The standard InChI is InChI=1S/C11H9F2NO3/c12-9(13)5-14-8-3-7(11(16)17)2-1-6(8)4-10(14)15/h1-3,9H,4-5H2,(H,16,17). The minimum absolute atomic E-state index is 0.0160. The van der Waals surface area contributed by atoms with E-state index in [2.05, 4.69) is 0 Å². The quantitative estimate of drug-likeness (QED) is 0.873. The fourth-order valence-corrected chi connectivity index (χ4v) is 1.83. The summed E-state index contributed by atoms with van der Waals surface area (Å²) in [5, 5.41) is 8.80. The Morgan fingerprint density at radius 2 is 2.18 bits per heavy atom. The molecule has 0 unspecified atom stereocenters. The number of rotatable bonds is 3. The molecule has 0 saturated heterocycles. The van der Waals surface area contributed by atoms with E-state index in [9.17, 15) is 18.4 Å². The summed E-state index contributed by atoms with van der Waals surface area (Å²) in [5.41, 5.74) is 0.841. The highest BCUT2D eigenvalue weighted by atomic mass is 19.3. The third-order valence-corrected chi connectivity index (χ3v) is 2.59. The Morgan fingerprint density at radius 1 is 1.47 bits per heavy atom. The Morgan fingerprint density at radius 3 is 2.76 bits per heavy atom. The molecule has 90 valence electrons. The van der Waals surface area contributed by atoms with E-state index in [1.807, 2.05) is 0 Å². The second kappa shape index (κ2) is 4.12. The molecule has 0 bridgehead atoms. The molecule has 1 aliphatic heterocycles. The largest absolute Gasteiger partial charge is 0.478 e. The molecule has 0 saturated carbocycles. The van der Waals surface area contributed by atoms with Crippen LogP contribution in [0.2, 0.25) is 0 Å². The lowest BCUT2D eigenvalue weighted by atomic mass is 10.1. The maximum absolute atomic E-state index is 12.3. The van der Waals surface area contributed by atoms with Gasteiger partial charge in [-0.25, -0.2) is 13.6 Å². The summed E-state index contributed by atoms with van der Waals surface area (Å²) < 4.78 is 24.6.